The van der Waals surface area contributed by atoms with Crippen LogP contribution in [0.4, 0.5) is 5.69 Å². The Morgan fingerprint density at radius 1 is 1.35 bits per heavy atom. The largest absolute Gasteiger partial charge is 0.246 e. The van der Waals surface area contributed by atoms with E-state index in [1.807, 2.05) is 18.2 Å². The van der Waals surface area contributed by atoms with E-state index in [1.54, 1.807) is 11.8 Å². The van der Waals surface area contributed by atoms with Gasteiger partial charge in [-0.15, -0.1) is 11.8 Å². The zero-order chi connectivity index (χ0) is 12.5. The maximum Gasteiger partial charge on any atom is 0.0798 e. The first-order valence-electron chi connectivity index (χ1n) is 5.74. The van der Waals surface area contributed by atoms with Gasteiger partial charge in [-0.25, -0.2) is 4.99 Å². The molecule has 0 aromatic heterocycles. The van der Waals surface area contributed by atoms with Crippen molar-refractivity contribution < 1.29 is 0 Å². The standard InChI is InChI=1S/C14H16N2S/c1-14(2,3)13-16-11-7-5-4-6-10(11)12(17-13)8-9-15/h4-7,12H,8H2,1-3H3. The summed E-state index contributed by atoms with van der Waals surface area (Å²) in [6.07, 6.45) is 0.538. The van der Waals surface area contributed by atoms with E-state index in [1.165, 1.54) is 5.56 Å². The summed E-state index contributed by atoms with van der Waals surface area (Å²) in [5.74, 6) is 0. The molecule has 2 nitrogen and oxygen atoms in total. The number of hydrogen-bond donors (Lipinski definition) is 0. The summed E-state index contributed by atoms with van der Waals surface area (Å²) < 4.78 is 0. The number of para-hydroxylation sites is 1. The quantitative estimate of drug-likeness (QED) is 0.731. The van der Waals surface area contributed by atoms with Crippen molar-refractivity contribution in [3.63, 3.8) is 0 Å². The summed E-state index contributed by atoms with van der Waals surface area (Å²) in [6.45, 7) is 6.49. The first kappa shape index (κ1) is 12.2. The second-order valence-electron chi connectivity index (χ2n) is 5.19. The molecule has 1 aliphatic heterocycles. The molecule has 0 aliphatic carbocycles. The minimum Gasteiger partial charge on any atom is -0.246 e. The molecule has 0 bridgehead atoms. The molecule has 0 saturated carbocycles. The van der Waals surface area contributed by atoms with Crippen LogP contribution in [0.15, 0.2) is 29.3 Å². The Kier molecular flexibility index (Phi) is 3.26. The molecule has 0 spiro atoms. The number of thioether (sulfide) groups is 1. The molecule has 1 unspecified atom stereocenters. The molecule has 0 radical (unpaired) electrons. The Balaban J connectivity index is 2.46. The van der Waals surface area contributed by atoms with Crippen LogP contribution in [0.5, 0.6) is 0 Å². The third-order valence-electron chi connectivity index (χ3n) is 2.68. The molecule has 17 heavy (non-hydrogen) atoms. The summed E-state index contributed by atoms with van der Waals surface area (Å²) in [5, 5.41) is 10.3. The van der Waals surface area contributed by atoms with Crippen LogP contribution in [0.1, 0.15) is 38.0 Å². The lowest BCUT2D eigenvalue weighted by Crippen LogP contribution is -2.20. The van der Waals surface area contributed by atoms with Crippen molar-refractivity contribution in [2.24, 2.45) is 10.4 Å². The summed E-state index contributed by atoms with van der Waals surface area (Å²) in [5.41, 5.74) is 2.26. The lowest BCUT2D eigenvalue weighted by atomic mass is 9.98. The minimum absolute atomic E-state index is 0.0475. The monoisotopic (exact) mass is 244 g/mol. The highest BCUT2D eigenvalue weighted by atomic mass is 32.2. The van der Waals surface area contributed by atoms with Crippen LogP contribution >= 0.6 is 11.8 Å². The van der Waals surface area contributed by atoms with Crippen LogP contribution in [0, 0.1) is 16.7 Å². The van der Waals surface area contributed by atoms with Crippen molar-refractivity contribution in [2.75, 3.05) is 0 Å². The highest BCUT2D eigenvalue weighted by molar-refractivity contribution is 8.14. The lowest BCUT2D eigenvalue weighted by molar-refractivity contribution is 0.601. The fourth-order valence-corrected chi connectivity index (χ4v) is 3.03. The number of aliphatic imine (C=N–C) groups is 1. The van der Waals surface area contributed by atoms with Gasteiger partial charge >= 0.3 is 0 Å². The van der Waals surface area contributed by atoms with Gasteiger partial charge in [0.15, 0.2) is 0 Å². The second-order valence-corrected chi connectivity index (χ2v) is 6.39. The normalized spacial score (nSPS) is 19.2. The predicted molar refractivity (Wildman–Crippen MR) is 73.6 cm³/mol. The Labute approximate surface area is 107 Å². The van der Waals surface area contributed by atoms with Crippen molar-refractivity contribution in [2.45, 2.75) is 32.4 Å². The van der Waals surface area contributed by atoms with Gasteiger partial charge in [0.05, 0.1) is 28.5 Å². The van der Waals surface area contributed by atoms with Gasteiger partial charge in [-0.2, -0.15) is 5.26 Å². The zero-order valence-electron chi connectivity index (χ0n) is 10.4. The van der Waals surface area contributed by atoms with E-state index in [0.717, 1.165) is 10.7 Å². The molecule has 1 aromatic rings. The molecule has 2 rings (SSSR count). The molecule has 0 saturated heterocycles. The van der Waals surface area contributed by atoms with Crippen LogP contribution < -0.4 is 0 Å². The zero-order valence-corrected chi connectivity index (χ0v) is 11.2. The Bertz CT molecular complexity index is 492. The van der Waals surface area contributed by atoms with Crippen molar-refractivity contribution in [3.05, 3.63) is 29.8 Å². The lowest BCUT2D eigenvalue weighted by Gasteiger charge is -2.29. The number of nitriles is 1. The van der Waals surface area contributed by atoms with E-state index in [0.29, 0.717) is 6.42 Å². The summed E-state index contributed by atoms with van der Waals surface area (Å²) >= 11 is 1.73. The highest BCUT2D eigenvalue weighted by Gasteiger charge is 2.29. The van der Waals surface area contributed by atoms with Gasteiger partial charge in [-0.3, -0.25) is 0 Å². The van der Waals surface area contributed by atoms with Gasteiger partial charge in [-0.1, -0.05) is 39.0 Å². The topological polar surface area (TPSA) is 36.1 Å². The van der Waals surface area contributed by atoms with E-state index in [4.69, 9.17) is 10.3 Å². The summed E-state index contributed by atoms with van der Waals surface area (Å²) in [4.78, 5) is 4.72. The maximum atomic E-state index is 8.93. The van der Waals surface area contributed by atoms with Gasteiger partial charge in [-0.05, 0) is 11.6 Å². The average molecular weight is 244 g/mol. The molecule has 88 valence electrons. The van der Waals surface area contributed by atoms with Crippen molar-refractivity contribution in [3.8, 4) is 6.07 Å². The van der Waals surface area contributed by atoms with Crippen LogP contribution in [-0.2, 0) is 0 Å². The number of hydrogen-bond acceptors (Lipinski definition) is 3. The second kappa shape index (κ2) is 4.54. The van der Waals surface area contributed by atoms with Gasteiger partial charge in [0.1, 0.15) is 0 Å². The molecule has 1 aromatic carbocycles. The third-order valence-corrected chi connectivity index (χ3v) is 4.31. The fourth-order valence-electron chi connectivity index (χ4n) is 1.77. The van der Waals surface area contributed by atoms with Gasteiger partial charge < -0.3 is 0 Å². The highest BCUT2D eigenvalue weighted by Crippen LogP contribution is 2.46. The number of nitrogens with zero attached hydrogens (tertiary/aromatic N) is 2. The SMILES string of the molecule is CC(C)(C)C1=Nc2ccccc2C(CC#N)S1. The molecule has 1 atom stereocenters. The molecule has 1 heterocycles. The first-order valence-corrected chi connectivity index (χ1v) is 6.62. The number of benzene rings is 1. The van der Waals surface area contributed by atoms with E-state index in [-0.39, 0.29) is 10.7 Å². The number of rotatable bonds is 1. The van der Waals surface area contributed by atoms with Gasteiger partial charge in [0, 0.05) is 5.41 Å². The fraction of sp³-hybridized carbons (Fsp3) is 0.429. The minimum atomic E-state index is 0.0475. The predicted octanol–water partition coefficient (Wildman–Crippen LogP) is 4.46. The van der Waals surface area contributed by atoms with Crippen LogP contribution in [-0.4, -0.2) is 5.04 Å². The molecule has 0 fully saturated rings. The molecule has 0 amide bonds. The Hall–Kier alpha value is -1.27. The van der Waals surface area contributed by atoms with E-state index >= 15 is 0 Å². The maximum absolute atomic E-state index is 8.93. The molecule has 3 heteroatoms. The molecule has 1 aliphatic rings. The smallest absolute Gasteiger partial charge is 0.0798 e. The summed E-state index contributed by atoms with van der Waals surface area (Å²) in [6, 6.07) is 10.4. The summed E-state index contributed by atoms with van der Waals surface area (Å²) in [7, 11) is 0. The van der Waals surface area contributed by atoms with Crippen molar-refractivity contribution in [1.29, 1.82) is 5.26 Å². The third kappa shape index (κ3) is 2.53. The van der Waals surface area contributed by atoms with E-state index in [2.05, 4.69) is 32.9 Å². The molecular formula is C14H16N2S. The average Bonchev–Trinajstić information content (AvgIpc) is 2.28. The van der Waals surface area contributed by atoms with Crippen LogP contribution in [0.2, 0.25) is 0 Å². The van der Waals surface area contributed by atoms with Gasteiger partial charge in [0.2, 0.25) is 0 Å². The Morgan fingerprint density at radius 3 is 2.71 bits per heavy atom. The van der Waals surface area contributed by atoms with E-state index in [9.17, 15) is 0 Å². The molecular weight excluding hydrogens is 228 g/mol. The molecule has 0 N–H and O–H groups in total. The number of fused-ring (bicyclic) bond motifs is 1. The first-order chi connectivity index (χ1) is 8.02. The van der Waals surface area contributed by atoms with Crippen molar-refractivity contribution >= 4 is 22.5 Å². The van der Waals surface area contributed by atoms with E-state index < -0.39 is 0 Å². The van der Waals surface area contributed by atoms with Crippen LogP contribution in [0.3, 0.4) is 0 Å². The van der Waals surface area contributed by atoms with Gasteiger partial charge in [0.25, 0.3) is 0 Å². The van der Waals surface area contributed by atoms with Crippen LogP contribution in [0.25, 0.3) is 0 Å². The van der Waals surface area contributed by atoms with Crippen molar-refractivity contribution in [1.82, 2.24) is 0 Å². The Morgan fingerprint density at radius 2 is 2.06 bits per heavy atom.